The molecule has 4 rings (SSSR count). The van der Waals surface area contributed by atoms with Crippen molar-refractivity contribution in [3.05, 3.63) is 77.6 Å². The first-order chi connectivity index (χ1) is 17.3. The number of rotatable bonds is 8. The summed E-state index contributed by atoms with van der Waals surface area (Å²) >= 11 is 0. The van der Waals surface area contributed by atoms with E-state index in [4.69, 9.17) is 4.74 Å². The maximum atomic E-state index is 12.8. The molecule has 36 heavy (non-hydrogen) atoms. The smallest absolute Gasteiger partial charge is 0.294 e. The lowest BCUT2D eigenvalue weighted by molar-refractivity contribution is 0.0908. The van der Waals surface area contributed by atoms with E-state index in [0.717, 1.165) is 54.9 Å². The van der Waals surface area contributed by atoms with Crippen LogP contribution < -0.4 is 10.1 Å². The van der Waals surface area contributed by atoms with Crippen LogP contribution >= 0.6 is 0 Å². The SMILES string of the molecule is CCOc1cc(CN2CCC(NC(=O)c3cccc(S(=O)(=O)O)c3C)CC2)ccc1-c1ccncc1. The van der Waals surface area contributed by atoms with Gasteiger partial charge in [0.2, 0.25) is 0 Å². The Balaban J connectivity index is 1.37. The molecule has 2 aromatic carbocycles. The van der Waals surface area contributed by atoms with Gasteiger partial charge in [-0.15, -0.1) is 0 Å². The van der Waals surface area contributed by atoms with E-state index in [1.807, 2.05) is 19.1 Å². The molecule has 190 valence electrons. The van der Waals surface area contributed by atoms with Crippen molar-refractivity contribution in [3.63, 3.8) is 0 Å². The number of ether oxygens (including phenoxy) is 1. The molecule has 0 radical (unpaired) electrons. The first-order valence-corrected chi connectivity index (χ1v) is 13.5. The Morgan fingerprint density at radius 1 is 1.14 bits per heavy atom. The van der Waals surface area contributed by atoms with Crippen LogP contribution in [-0.4, -0.2) is 54.5 Å². The number of carbonyl (C=O) groups excluding carboxylic acids is 1. The number of nitrogens with zero attached hydrogens (tertiary/aromatic N) is 2. The Morgan fingerprint density at radius 2 is 1.86 bits per heavy atom. The average Bonchev–Trinajstić information content (AvgIpc) is 2.85. The van der Waals surface area contributed by atoms with Gasteiger partial charge >= 0.3 is 0 Å². The van der Waals surface area contributed by atoms with Crippen molar-refractivity contribution in [1.29, 1.82) is 0 Å². The fourth-order valence-electron chi connectivity index (χ4n) is 4.61. The largest absolute Gasteiger partial charge is 0.493 e. The van der Waals surface area contributed by atoms with E-state index >= 15 is 0 Å². The van der Waals surface area contributed by atoms with Crippen molar-refractivity contribution in [2.75, 3.05) is 19.7 Å². The van der Waals surface area contributed by atoms with Crippen LogP contribution in [0.15, 0.2) is 65.8 Å². The van der Waals surface area contributed by atoms with Gasteiger partial charge in [0.15, 0.2) is 0 Å². The molecule has 0 spiro atoms. The molecular weight excluding hydrogens is 478 g/mol. The highest BCUT2D eigenvalue weighted by molar-refractivity contribution is 7.85. The van der Waals surface area contributed by atoms with Crippen molar-refractivity contribution in [2.24, 2.45) is 0 Å². The normalized spacial score (nSPS) is 15.0. The Bertz CT molecular complexity index is 1320. The first-order valence-electron chi connectivity index (χ1n) is 12.0. The summed E-state index contributed by atoms with van der Waals surface area (Å²) in [4.78, 5) is 19.0. The maximum absolute atomic E-state index is 12.8. The standard InChI is InChI=1S/C27H31N3O5S/c1-3-35-25-17-20(7-8-24(25)21-9-13-28-14-10-21)18-30-15-11-22(12-16-30)29-27(31)23-5-4-6-26(19(23)2)36(32,33)34/h4-10,13-14,17,22H,3,11-12,15-16,18H2,1-2H3,(H,29,31)(H,32,33,34). The van der Waals surface area contributed by atoms with Crippen molar-refractivity contribution in [2.45, 2.75) is 44.2 Å². The first kappa shape index (κ1) is 25.8. The molecule has 0 atom stereocenters. The molecule has 1 amide bonds. The number of carbonyl (C=O) groups is 1. The zero-order valence-corrected chi connectivity index (χ0v) is 21.3. The van der Waals surface area contributed by atoms with E-state index < -0.39 is 10.1 Å². The van der Waals surface area contributed by atoms with Crippen molar-refractivity contribution in [1.82, 2.24) is 15.2 Å². The summed E-state index contributed by atoms with van der Waals surface area (Å²) < 4.78 is 38.4. The summed E-state index contributed by atoms with van der Waals surface area (Å²) in [6, 6.07) is 14.6. The van der Waals surface area contributed by atoms with Crippen LogP contribution in [0, 0.1) is 6.92 Å². The lowest BCUT2D eigenvalue weighted by Crippen LogP contribution is -2.44. The Kier molecular flexibility index (Phi) is 8.03. The van der Waals surface area contributed by atoms with Crippen LogP contribution in [0.1, 0.15) is 41.3 Å². The van der Waals surface area contributed by atoms with Crippen LogP contribution in [0.5, 0.6) is 5.75 Å². The van der Waals surface area contributed by atoms with E-state index in [-0.39, 0.29) is 28.0 Å². The summed E-state index contributed by atoms with van der Waals surface area (Å²) in [5.41, 5.74) is 3.77. The van der Waals surface area contributed by atoms with Gasteiger partial charge in [0.05, 0.1) is 11.5 Å². The Labute approximate surface area is 212 Å². The average molecular weight is 510 g/mol. The van der Waals surface area contributed by atoms with Crippen LogP contribution in [0.3, 0.4) is 0 Å². The molecule has 2 heterocycles. The van der Waals surface area contributed by atoms with Crippen molar-refractivity contribution >= 4 is 16.0 Å². The molecule has 1 aliphatic rings. The third kappa shape index (κ3) is 6.10. The quantitative estimate of drug-likeness (QED) is 0.440. The third-order valence-corrected chi connectivity index (χ3v) is 7.47. The molecule has 8 nitrogen and oxygen atoms in total. The van der Waals surface area contributed by atoms with Gasteiger partial charge in [-0.1, -0.05) is 18.2 Å². The van der Waals surface area contributed by atoms with Crippen molar-refractivity contribution in [3.8, 4) is 16.9 Å². The van der Waals surface area contributed by atoms with E-state index in [1.54, 1.807) is 18.5 Å². The highest BCUT2D eigenvalue weighted by Crippen LogP contribution is 2.31. The van der Waals surface area contributed by atoms with E-state index in [1.165, 1.54) is 19.1 Å². The van der Waals surface area contributed by atoms with Crippen LogP contribution in [0.4, 0.5) is 0 Å². The zero-order valence-electron chi connectivity index (χ0n) is 20.5. The molecule has 0 unspecified atom stereocenters. The second-order valence-corrected chi connectivity index (χ2v) is 10.3. The van der Waals surface area contributed by atoms with E-state index in [2.05, 4.69) is 33.4 Å². The molecule has 1 aliphatic heterocycles. The zero-order chi connectivity index (χ0) is 25.7. The van der Waals surface area contributed by atoms with Crippen molar-refractivity contribution < 1.29 is 22.5 Å². The lowest BCUT2D eigenvalue weighted by Gasteiger charge is -2.32. The highest BCUT2D eigenvalue weighted by atomic mass is 32.2. The second kappa shape index (κ2) is 11.2. The summed E-state index contributed by atoms with van der Waals surface area (Å²) in [5.74, 6) is 0.523. The molecular formula is C27H31N3O5S. The van der Waals surface area contributed by atoms with E-state index in [0.29, 0.717) is 6.61 Å². The number of amides is 1. The predicted molar refractivity (Wildman–Crippen MR) is 138 cm³/mol. The van der Waals surface area contributed by atoms with Crippen LogP contribution in [0.2, 0.25) is 0 Å². The summed E-state index contributed by atoms with van der Waals surface area (Å²) in [7, 11) is -4.38. The van der Waals surface area contributed by atoms with Gasteiger partial charge in [-0.2, -0.15) is 8.42 Å². The van der Waals surface area contributed by atoms with Gasteiger partial charge in [0, 0.05) is 49.2 Å². The molecule has 0 aliphatic carbocycles. The van der Waals surface area contributed by atoms with Gasteiger partial charge < -0.3 is 10.1 Å². The third-order valence-electron chi connectivity index (χ3n) is 6.47. The molecule has 1 saturated heterocycles. The molecule has 3 aromatic rings. The number of aromatic nitrogens is 1. The monoisotopic (exact) mass is 509 g/mol. The summed E-state index contributed by atoms with van der Waals surface area (Å²) in [5, 5.41) is 3.02. The number of pyridine rings is 1. The van der Waals surface area contributed by atoms with Gasteiger partial charge in [0.25, 0.3) is 16.0 Å². The molecule has 2 N–H and O–H groups in total. The van der Waals surface area contributed by atoms with Crippen LogP contribution in [-0.2, 0) is 16.7 Å². The molecule has 0 bridgehead atoms. The molecule has 0 saturated carbocycles. The number of hydrogen-bond acceptors (Lipinski definition) is 6. The molecule has 9 heteroatoms. The van der Waals surface area contributed by atoms with Crippen LogP contribution in [0.25, 0.3) is 11.1 Å². The molecule has 1 aromatic heterocycles. The second-order valence-electron chi connectivity index (χ2n) is 8.93. The van der Waals surface area contributed by atoms with Gasteiger partial charge in [-0.3, -0.25) is 19.2 Å². The minimum atomic E-state index is -4.38. The Hall–Kier alpha value is -3.27. The fourth-order valence-corrected chi connectivity index (χ4v) is 5.35. The van der Waals surface area contributed by atoms with Gasteiger partial charge in [-0.05, 0) is 73.7 Å². The predicted octanol–water partition coefficient (Wildman–Crippen LogP) is 4.10. The number of piperidine rings is 1. The summed E-state index contributed by atoms with van der Waals surface area (Å²) in [6.07, 6.45) is 5.12. The Morgan fingerprint density at radius 3 is 2.53 bits per heavy atom. The lowest BCUT2D eigenvalue weighted by atomic mass is 10.0. The number of likely N-dealkylation sites (tertiary alicyclic amines) is 1. The number of hydrogen-bond donors (Lipinski definition) is 2. The number of benzene rings is 2. The van der Waals surface area contributed by atoms with Gasteiger partial charge in [-0.25, -0.2) is 0 Å². The minimum Gasteiger partial charge on any atom is -0.493 e. The van der Waals surface area contributed by atoms with Gasteiger partial charge in [0.1, 0.15) is 5.75 Å². The minimum absolute atomic E-state index is 0.00408. The number of nitrogens with one attached hydrogen (secondary N) is 1. The summed E-state index contributed by atoms with van der Waals surface area (Å²) in [6.45, 7) is 6.52. The highest BCUT2D eigenvalue weighted by Gasteiger charge is 2.24. The van der Waals surface area contributed by atoms with E-state index in [9.17, 15) is 17.8 Å². The maximum Gasteiger partial charge on any atom is 0.294 e. The fraction of sp³-hybridized carbons (Fsp3) is 0.333. The molecule has 1 fully saturated rings. The topological polar surface area (TPSA) is 109 Å².